The fourth-order valence-corrected chi connectivity index (χ4v) is 5.52. The molecule has 3 heterocycles. The molecule has 2 saturated heterocycles. The minimum atomic E-state index is -1.73. The predicted molar refractivity (Wildman–Crippen MR) is 150 cm³/mol. The van der Waals surface area contributed by atoms with Crippen LogP contribution in [-0.4, -0.2) is 117 Å². The maximum Gasteiger partial charge on any atom is 0.305 e. The number of carbonyl (C=O) groups excluding carboxylic acids is 1. The average Bonchev–Trinajstić information content (AvgIpc) is 2.97. The van der Waals surface area contributed by atoms with Gasteiger partial charge in [-0.25, -0.2) is 0 Å². The van der Waals surface area contributed by atoms with Crippen molar-refractivity contribution in [2.75, 3.05) is 13.2 Å². The third kappa shape index (κ3) is 10.8. The van der Waals surface area contributed by atoms with E-state index in [2.05, 4.69) is 12.2 Å². The molecule has 0 unspecified atom stereocenters. The maximum absolute atomic E-state index is 12.3. The molecular formula is C30H52O12. The molecule has 0 amide bonds. The zero-order valence-electron chi connectivity index (χ0n) is 24.7. The van der Waals surface area contributed by atoms with E-state index >= 15 is 0 Å². The molecule has 0 aromatic rings. The van der Waals surface area contributed by atoms with Crippen molar-refractivity contribution in [3.8, 4) is 0 Å². The molecule has 0 aliphatic carbocycles. The van der Waals surface area contributed by atoms with Crippen LogP contribution in [0.4, 0.5) is 0 Å². The lowest BCUT2D eigenvalue weighted by Crippen LogP contribution is -2.65. The number of cyclic esters (lactones) is 1. The Bertz CT molecular complexity index is 796. The van der Waals surface area contributed by atoms with Crippen LogP contribution in [0.15, 0.2) is 12.2 Å². The second-order valence-electron chi connectivity index (χ2n) is 11.7. The molecule has 3 aliphatic rings. The molecule has 3 aliphatic heterocycles. The van der Waals surface area contributed by atoms with E-state index < -0.39 is 74.0 Å². The largest absolute Gasteiger partial charge is 0.463 e. The molecule has 0 aromatic heterocycles. The van der Waals surface area contributed by atoms with Crippen molar-refractivity contribution >= 4 is 5.97 Å². The molecule has 6 N–H and O–H groups in total. The Kier molecular flexibility index (Phi) is 15.6. The summed E-state index contributed by atoms with van der Waals surface area (Å²) < 4.78 is 28.6. The van der Waals surface area contributed by atoms with Crippen LogP contribution in [0.5, 0.6) is 0 Å². The van der Waals surface area contributed by atoms with E-state index in [1.807, 2.05) is 6.92 Å². The Labute approximate surface area is 248 Å². The minimum absolute atomic E-state index is 0.209. The first kappa shape index (κ1) is 35.3. The first-order chi connectivity index (χ1) is 20.2. The summed E-state index contributed by atoms with van der Waals surface area (Å²) in [6, 6.07) is 0. The van der Waals surface area contributed by atoms with Gasteiger partial charge in [0.25, 0.3) is 0 Å². The Balaban J connectivity index is 1.70. The minimum Gasteiger partial charge on any atom is -0.463 e. The Hall–Kier alpha value is -1.19. The van der Waals surface area contributed by atoms with Gasteiger partial charge in [0.1, 0.15) is 55.4 Å². The quantitative estimate of drug-likeness (QED) is 0.186. The van der Waals surface area contributed by atoms with Gasteiger partial charge in [-0.3, -0.25) is 4.79 Å². The van der Waals surface area contributed by atoms with Crippen molar-refractivity contribution < 1.29 is 59.1 Å². The van der Waals surface area contributed by atoms with Crippen molar-refractivity contribution in [1.82, 2.24) is 0 Å². The van der Waals surface area contributed by atoms with Crippen LogP contribution in [-0.2, 0) is 28.5 Å². The highest BCUT2D eigenvalue weighted by Gasteiger charge is 2.51. The number of allylic oxidation sites excluding steroid dienone is 2. The first-order valence-electron chi connectivity index (χ1n) is 15.7. The zero-order valence-corrected chi connectivity index (χ0v) is 24.7. The fourth-order valence-electron chi connectivity index (χ4n) is 5.52. The maximum atomic E-state index is 12.3. The van der Waals surface area contributed by atoms with Crippen LogP contribution in [0.2, 0.25) is 0 Å². The molecule has 12 nitrogen and oxygen atoms in total. The molecule has 0 aromatic carbocycles. The summed E-state index contributed by atoms with van der Waals surface area (Å²) in [5.74, 6) is -0.468. The van der Waals surface area contributed by atoms with Crippen LogP contribution >= 0.6 is 0 Å². The van der Waals surface area contributed by atoms with E-state index in [9.17, 15) is 35.4 Å². The number of ether oxygens (including phenoxy) is 5. The summed E-state index contributed by atoms with van der Waals surface area (Å²) in [5.41, 5.74) is 0. The van der Waals surface area contributed by atoms with Gasteiger partial charge in [-0.15, -0.1) is 0 Å². The van der Waals surface area contributed by atoms with Gasteiger partial charge in [0.05, 0.1) is 12.7 Å². The SMILES string of the molecule is C[C@H]1CCCCCC/C=C\CCCCCCCC(=O)OC[C@H]2O[C@@H](O[C@H]3[C@H](O1)O[C@H](CO)[C@@H](O)[C@@H]3O)[C@H](O)[C@@H](O)[C@@H]2O. The van der Waals surface area contributed by atoms with Gasteiger partial charge >= 0.3 is 5.97 Å². The van der Waals surface area contributed by atoms with Crippen molar-refractivity contribution in [3.63, 3.8) is 0 Å². The molecule has 2 bridgehead atoms. The number of aliphatic hydroxyl groups is 6. The molecule has 2 fully saturated rings. The molecule has 12 heteroatoms. The van der Waals surface area contributed by atoms with Gasteiger partial charge < -0.3 is 54.3 Å². The van der Waals surface area contributed by atoms with E-state index in [1.54, 1.807) is 0 Å². The summed E-state index contributed by atoms with van der Waals surface area (Å²) >= 11 is 0. The summed E-state index contributed by atoms with van der Waals surface area (Å²) in [7, 11) is 0. The molecule has 0 spiro atoms. The summed E-state index contributed by atoms with van der Waals surface area (Å²) in [4.78, 5) is 12.3. The highest BCUT2D eigenvalue weighted by molar-refractivity contribution is 5.69. The molecule has 42 heavy (non-hydrogen) atoms. The van der Waals surface area contributed by atoms with E-state index in [0.717, 1.165) is 64.2 Å². The Morgan fingerprint density at radius 1 is 0.690 bits per heavy atom. The van der Waals surface area contributed by atoms with E-state index in [0.29, 0.717) is 12.8 Å². The number of hydrogen-bond donors (Lipinski definition) is 6. The highest BCUT2D eigenvalue weighted by atomic mass is 16.8. The van der Waals surface area contributed by atoms with Gasteiger partial charge in [0.15, 0.2) is 12.6 Å². The predicted octanol–water partition coefficient (Wildman–Crippen LogP) is 1.21. The number of rotatable bonds is 1. The van der Waals surface area contributed by atoms with E-state index in [1.165, 1.54) is 0 Å². The average molecular weight is 605 g/mol. The van der Waals surface area contributed by atoms with Crippen LogP contribution in [0.3, 0.4) is 0 Å². The molecular weight excluding hydrogens is 552 g/mol. The molecule has 244 valence electrons. The standard InChI is InChI=1S/C30H52O12/c1-19-15-13-11-9-7-5-3-2-4-6-8-10-12-14-16-22(32)38-18-21-24(34)25(35)27(37)29(41-21)42-28-26(36)23(33)20(17-31)40-30(28)39-19/h2-3,19-21,23-31,33-37H,4-18H2,1H3/b3-2-/t19-,20+,21+,23+,24+,25-,26-,27+,28+,29-,30+/m0/s1. The van der Waals surface area contributed by atoms with Crippen molar-refractivity contribution in [3.05, 3.63) is 12.2 Å². The summed E-state index contributed by atoms with van der Waals surface area (Å²) in [6.07, 6.45) is 1.46. The summed E-state index contributed by atoms with van der Waals surface area (Å²) in [6.45, 7) is 0.889. The fraction of sp³-hybridized carbons (Fsp3) is 0.900. The lowest BCUT2D eigenvalue weighted by Gasteiger charge is -2.46. The van der Waals surface area contributed by atoms with Crippen LogP contribution in [0.25, 0.3) is 0 Å². The van der Waals surface area contributed by atoms with E-state index in [4.69, 9.17) is 23.7 Å². The number of carbonyl (C=O) groups is 1. The normalized spacial score (nSPS) is 42.2. The molecule has 11 atom stereocenters. The van der Waals surface area contributed by atoms with Gasteiger partial charge in [-0.1, -0.05) is 50.7 Å². The zero-order chi connectivity index (χ0) is 30.5. The van der Waals surface area contributed by atoms with Crippen molar-refractivity contribution in [1.29, 1.82) is 0 Å². The van der Waals surface area contributed by atoms with Crippen LogP contribution in [0.1, 0.15) is 90.4 Å². The van der Waals surface area contributed by atoms with Gasteiger partial charge in [-0.05, 0) is 45.4 Å². The topological polar surface area (TPSA) is 185 Å². The van der Waals surface area contributed by atoms with Gasteiger partial charge in [0, 0.05) is 6.42 Å². The van der Waals surface area contributed by atoms with Gasteiger partial charge in [0.2, 0.25) is 0 Å². The van der Waals surface area contributed by atoms with Crippen LogP contribution in [0, 0.1) is 0 Å². The third-order valence-corrected chi connectivity index (χ3v) is 8.21. The van der Waals surface area contributed by atoms with E-state index in [-0.39, 0.29) is 19.1 Å². The first-order valence-corrected chi connectivity index (χ1v) is 15.7. The van der Waals surface area contributed by atoms with Crippen LogP contribution < -0.4 is 0 Å². The lowest BCUT2D eigenvalue weighted by atomic mass is 9.97. The number of aliphatic hydroxyl groups excluding tert-OH is 6. The Morgan fingerprint density at radius 3 is 2.02 bits per heavy atom. The van der Waals surface area contributed by atoms with Crippen molar-refractivity contribution in [2.45, 2.75) is 158 Å². The highest BCUT2D eigenvalue weighted by Crippen LogP contribution is 2.31. The second-order valence-corrected chi connectivity index (χ2v) is 11.7. The number of esters is 1. The monoisotopic (exact) mass is 604 g/mol. The molecule has 0 saturated carbocycles. The third-order valence-electron chi connectivity index (χ3n) is 8.21. The summed E-state index contributed by atoms with van der Waals surface area (Å²) in [5, 5.41) is 62.6. The number of fused-ring (bicyclic) bond motifs is 3. The Morgan fingerprint density at radius 2 is 1.33 bits per heavy atom. The lowest BCUT2D eigenvalue weighted by molar-refractivity contribution is -0.371. The van der Waals surface area contributed by atoms with Gasteiger partial charge in [-0.2, -0.15) is 0 Å². The second kappa shape index (κ2) is 18.6. The number of hydrogen-bond acceptors (Lipinski definition) is 12. The smallest absolute Gasteiger partial charge is 0.305 e. The van der Waals surface area contributed by atoms with Crippen molar-refractivity contribution in [2.24, 2.45) is 0 Å². The molecule has 0 radical (unpaired) electrons. The molecule has 3 rings (SSSR count).